The van der Waals surface area contributed by atoms with Gasteiger partial charge >= 0.3 is 0 Å². The summed E-state index contributed by atoms with van der Waals surface area (Å²) < 4.78 is 2.04. The number of imidazole rings is 1. The van der Waals surface area contributed by atoms with Crippen LogP contribution >= 0.6 is 11.8 Å². The highest BCUT2D eigenvalue weighted by molar-refractivity contribution is 7.98. The lowest BCUT2D eigenvalue weighted by Crippen LogP contribution is -1.98. The quantitative estimate of drug-likeness (QED) is 0.518. The summed E-state index contributed by atoms with van der Waals surface area (Å²) in [4.78, 5) is 10.2. The van der Waals surface area contributed by atoms with E-state index in [1.54, 1.807) is 24.2 Å². The second-order valence-corrected chi connectivity index (χ2v) is 6.66. The van der Waals surface area contributed by atoms with Crippen molar-refractivity contribution in [1.29, 1.82) is 0 Å². The normalized spacial score (nSPS) is 11.0. The smallest absolute Gasteiger partial charge is 0.157 e. The lowest BCUT2D eigenvalue weighted by molar-refractivity contribution is 1.13. The van der Waals surface area contributed by atoms with Crippen LogP contribution in [0.1, 0.15) is 5.56 Å². The number of rotatable bonds is 4. The van der Waals surface area contributed by atoms with E-state index in [9.17, 15) is 0 Å². The predicted octanol–water partition coefficient (Wildman–Crippen LogP) is 5.17. The van der Waals surface area contributed by atoms with Crippen LogP contribution < -0.4 is 5.32 Å². The molecule has 124 valence electrons. The van der Waals surface area contributed by atoms with Crippen LogP contribution in [-0.4, -0.2) is 20.6 Å². The average Bonchev–Trinajstić information content (AvgIpc) is 3.02. The third-order valence-corrected chi connectivity index (χ3v) is 4.94. The van der Waals surface area contributed by atoms with Crippen LogP contribution in [0.15, 0.2) is 72.0 Å². The topological polar surface area (TPSA) is 42.2 Å². The Hall–Kier alpha value is -2.79. The van der Waals surface area contributed by atoms with Crippen molar-refractivity contribution in [2.45, 2.75) is 11.8 Å². The Morgan fingerprint density at radius 2 is 1.84 bits per heavy atom. The number of para-hydroxylation sites is 1. The van der Waals surface area contributed by atoms with Crippen LogP contribution in [0.4, 0.5) is 11.5 Å². The summed E-state index contributed by atoms with van der Waals surface area (Å²) in [5.41, 5.74) is 5.09. The van der Waals surface area contributed by atoms with Gasteiger partial charge in [0.2, 0.25) is 0 Å². The van der Waals surface area contributed by atoms with E-state index in [1.807, 2.05) is 22.7 Å². The van der Waals surface area contributed by atoms with Gasteiger partial charge in [0.1, 0.15) is 11.5 Å². The summed E-state index contributed by atoms with van der Waals surface area (Å²) in [5.74, 6) is 0.948. The highest BCUT2D eigenvalue weighted by Crippen LogP contribution is 2.32. The predicted molar refractivity (Wildman–Crippen MR) is 105 cm³/mol. The molecule has 2 aromatic heterocycles. The molecule has 0 saturated heterocycles. The molecule has 0 spiro atoms. The van der Waals surface area contributed by atoms with Gasteiger partial charge in [-0.05, 0) is 36.9 Å². The second kappa shape index (κ2) is 6.61. The van der Waals surface area contributed by atoms with Crippen molar-refractivity contribution in [3.05, 3.63) is 72.7 Å². The Morgan fingerprint density at radius 3 is 2.60 bits per heavy atom. The van der Waals surface area contributed by atoms with Crippen molar-refractivity contribution in [3.63, 3.8) is 0 Å². The van der Waals surface area contributed by atoms with Crippen molar-refractivity contribution in [2.75, 3.05) is 11.6 Å². The van der Waals surface area contributed by atoms with E-state index in [4.69, 9.17) is 4.98 Å². The average molecular weight is 346 g/mol. The highest BCUT2D eigenvalue weighted by Gasteiger charge is 2.15. The summed E-state index contributed by atoms with van der Waals surface area (Å²) in [6.45, 7) is 2.10. The molecule has 5 heteroatoms. The first kappa shape index (κ1) is 15.7. The monoisotopic (exact) mass is 346 g/mol. The molecule has 1 N–H and O–H groups in total. The lowest BCUT2D eigenvalue weighted by atomic mass is 10.1. The van der Waals surface area contributed by atoms with Gasteiger partial charge in [0, 0.05) is 28.5 Å². The lowest BCUT2D eigenvalue weighted by Gasteiger charge is -2.11. The maximum Gasteiger partial charge on any atom is 0.157 e. The van der Waals surface area contributed by atoms with Gasteiger partial charge in [-0.15, -0.1) is 11.8 Å². The minimum Gasteiger partial charge on any atom is -0.339 e. The maximum atomic E-state index is 4.80. The zero-order valence-corrected chi connectivity index (χ0v) is 14.9. The van der Waals surface area contributed by atoms with Gasteiger partial charge in [-0.25, -0.2) is 4.98 Å². The summed E-state index contributed by atoms with van der Waals surface area (Å²) in [5, 5.41) is 3.56. The molecular formula is C20H18N4S. The van der Waals surface area contributed by atoms with Gasteiger partial charge < -0.3 is 5.32 Å². The molecule has 4 aromatic rings. The maximum absolute atomic E-state index is 4.80. The van der Waals surface area contributed by atoms with E-state index in [0.717, 1.165) is 28.4 Å². The number of anilines is 2. The number of benzene rings is 2. The third kappa shape index (κ3) is 2.98. The van der Waals surface area contributed by atoms with E-state index in [-0.39, 0.29) is 0 Å². The zero-order valence-electron chi connectivity index (χ0n) is 14.1. The van der Waals surface area contributed by atoms with E-state index < -0.39 is 0 Å². The fourth-order valence-corrected chi connectivity index (χ4v) is 3.23. The molecule has 0 atom stereocenters. The number of aryl methyl sites for hydroxylation is 1. The SMILES string of the molecule is CSc1ccc(-c2nc3cnccn3c2Nc2ccccc2C)cc1. The van der Waals surface area contributed by atoms with Crippen LogP contribution in [-0.2, 0) is 0 Å². The first-order chi connectivity index (χ1) is 12.3. The highest BCUT2D eigenvalue weighted by atomic mass is 32.2. The Kier molecular flexibility index (Phi) is 4.15. The van der Waals surface area contributed by atoms with Gasteiger partial charge in [-0.3, -0.25) is 9.38 Å². The molecule has 0 amide bonds. The molecule has 0 saturated carbocycles. The molecule has 0 bridgehead atoms. The number of nitrogens with zero attached hydrogens (tertiary/aromatic N) is 3. The van der Waals surface area contributed by atoms with Gasteiger partial charge in [0.05, 0.1) is 6.20 Å². The van der Waals surface area contributed by atoms with E-state index in [2.05, 4.69) is 59.9 Å². The zero-order chi connectivity index (χ0) is 17.2. The molecule has 0 unspecified atom stereocenters. The van der Waals surface area contributed by atoms with Crippen LogP contribution in [0, 0.1) is 6.92 Å². The molecule has 0 radical (unpaired) electrons. The van der Waals surface area contributed by atoms with Crippen molar-refractivity contribution < 1.29 is 0 Å². The number of hydrogen-bond acceptors (Lipinski definition) is 4. The Bertz CT molecular complexity index is 1020. The van der Waals surface area contributed by atoms with Crippen molar-refractivity contribution in [1.82, 2.24) is 14.4 Å². The first-order valence-electron chi connectivity index (χ1n) is 8.05. The van der Waals surface area contributed by atoms with Crippen molar-refractivity contribution >= 4 is 28.9 Å². The van der Waals surface area contributed by atoms with E-state index >= 15 is 0 Å². The molecular weight excluding hydrogens is 328 g/mol. The van der Waals surface area contributed by atoms with E-state index in [1.165, 1.54) is 10.5 Å². The fourth-order valence-electron chi connectivity index (χ4n) is 2.82. The van der Waals surface area contributed by atoms with Gasteiger partial charge in [0.25, 0.3) is 0 Å². The van der Waals surface area contributed by atoms with Crippen molar-refractivity contribution in [3.8, 4) is 11.3 Å². The number of hydrogen-bond donors (Lipinski definition) is 1. The van der Waals surface area contributed by atoms with Gasteiger partial charge in [0.15, 0.2) is 5.65 Å². The molecule has 0 aliphatic carbocycles. The Morgan fingerprint density at radius 1 is 1.04 bits per heavy atom. The summed E-state index contributed by atoms with van der Waals surface area (Å²) in [6.07, 6.45) is 7.57. The van der Waals surface area contributed by atoms with E-state index in [0.29, 0.717) is 0 Å². The standard InChI is InChI=1S/C20H18N4S/c1-14-5-3-4-6-17(14)22-20-19(15-7-9-16(25-2)10-8-15)23-18-13-21-11-12-24(18)20/h3-13,22H,1-2H3. The molecule has 0 aliphatic heterocycles. The van der Waals surface area contributed by atoms with Crippen LogP contribution in [0.5, 0.6) is 0 Å². The largest absolute Gasteiger partial charge is 0.339 e. The summed E-state index contributed by atoms with van der Waals surface area (Å²) in [7, 11) is 0. The molecule has 4 rings (SSSR count). The molecule has 0 aliphatic rings. The number of thioether (sulfide) groups is 1. The minimum absolute atomic E-state index is 0.822. The van der Waals surface area contributed by atoms with Gasteiger partial charge in [-0.2, -0.15) is 0 Å². The molecule has 0 fully saturated rings. The summed E-state index contributed by atoms with van der Waals surface area (Å²) in [6, 6.07) is 16.7. The summed E-state index contributed by atoms with van der Waals surface area (Å²) >= 11 is 1.74. The molecule has 2 heterocycles. The van der Waals surface area contributed by atoms with Crippen LogP contribution in [0.25, 0.3) is 16.9 Å². The number of fused-ring (bicyclic) bond motifs is 1. The fraction of sp³-hybridized carbons (Fsp3) is 0.100. The van der Waals surface area contributed by atoms with Crippen LogP contribution in [0.3, 0.4) is 0 Å². The molecule has 25 heavy (non-hydrogen) atoms. The second-order valence-electron chi connectivity index (χ2n) is 5.78. The van der Waals surface area contributed by atoms with Crippen molar-refractivity contribution in [2.24, 2.45) is 0 Å². The number of aromatic nitrogens is 3. The minimum atomic E-state index is 0.822. The molecule has 2 aromatic carbocycles. The number of nitrogens with one attached hydrogen (secondary N) is 1. The Balaban J connectivity index is 1.87. The van der Waals surface area contributed by atoms with Crippen LogP contribution in [0.2, 0.25) is 0 Å². The van der Waals surface area contributed by atoms with Gasteiger partial charge in [-0.1, -0.05) is 30.3 Å². The first-order valence-corrected chi connectivity index (χ1v) is 9.28. The Labute approximate surface area is 151 Å². The molecule has 4 nitrogen and oxygen atoms in total. The third-order valence-electron chi connectivity index (χ3n) is 4.19.